The molecular weight excluding hydrogens is 635 g/mol. The lowest BCUT2D eigenvalue weighted by Crippen LogP contribution is -2.16. The molecule has 0 bridgehead atoms. The van der Waals surface area contributed by atoms with Crippen LogP contribution >= 0.6 is 22.6 Å². The largest absolute Gasteiger partial charge is 0.493 e. The Kier molecular flexibility index (Phi) is 6.70. The monoisotopic (exact) mass is 662 g/mol. The van der Waals surface area contributed by atoms with Crippen molar-refractivity contribution in [3.05, 3.63) is 118 Å². The summed E-state index contributed by atoms with van der Waals surface area (Å²) in [5, 5.41) is 1.08. The smallest absolute Gasteiger partial charge is 0.161 e. The fourth-order valence-electron chi connectivity index (χ4n) is 5.64. The molecule has 0 amide bonds. The number of fused-ring (bicyclic) bond motifs is 3. The van der Waals surface area contributed by atoms with E-state index < -0.39 is 0 Å². The van der Waals surface area contributed by atoms with E-state index in [0.717, 1.165) is 67.4 Å². The van der Waals surface area contributed by atoms with Gasteiger partial charge in [-0.3, -0.25) is 0 Å². The minimum atomic E-state index is 0.681. The van der Waals surface area contributed by atoms with Gasteiger partial charge in [-0.25, -0.2) is 4.98 Å². The van der Waals surface area contributed by atoms with E-state index in [4.69, 9.17) is 19.2 Å². The number of aryl methyl sites for hydroxylation is 1. The molecule has 5 nitrogen and oxygen atoms in total. The minimum absolute atomic E-state index is 0.681. The third-order valence-corrected chi connectivity index (χ3v) is 8.37. The van der Waals surface area contributed by atoms with Crippen LogP contribution in [-0.2, 0) is 0 Å². The molecule has 6 heteroatoms. The summed E-state index contributed by atoms with van der Waals surface area (Å²) < 4.78 is 18.8. The zero-order valence-corrected chi connectivity index (χ0v) is 25.5. The maximum Gasteiger partial charge on any atom is 0.161 e. The van der Waals surface area contributed by atoms with Crippen LogP contribution in [0.25, 0.3) is 33.3 Å². The number of pyridine rings is 1. The Morgan fingerprint density at radius 2 is 1.31 bits per heavy atom. The molecule has 7 rings (SSSR count). The Morgan fingerprint density at radius 3 is 1.98 bits per heavy atom. The van der Waals surface area contributed by atoms with Crippen molar-refractivity contribution in [3.8, 4) is 45.4 Å². The zero-order valence-electron chi connectivity index (χ0n) is 23.4. The molecule has 0 radical (unpaired) electrons. The number of rotatable bonds is 5. The SMILES string of the molecule is COc1ccc(-c2cc(-c3ccc(I)cc3)nc3c(N4c5ccccc5Oc5ccccc54)ccc(C)c23)cc1OC. The Morgan fingerprint density at radius 1 is 0.667 bits per heavy atom. The number of aromatic nitrogens is 1. The highest BCUT2D eigenvalue weighted by Crippen LogP contribution is 2.52. The van der Waals surface area contributed by atoms with Crippen LogP contribution in [0.15, 0.2) is 109 Å². The first-order valence-electron chi connectivity index (χ1n) is 13.6. The van der Waals surface area contributed by atoms with Crippen LogP contribution in [0.3, 0.4) is 0 Å². The Balaban J connectivity index is 1.57. The number of para-hydroxylation sites is 4. The van der Waals surface area contributed by atoms with Crippen LogP contribution in [0.4, 0.5) is 17.1 Å². The molecule has 1 aliphatic heterocycles. The second-order valence-electron chi connectivity index (χ2n) is 10.1. The number of ether oxygens (including phenoxy) is 3. The topological polar surface area (TPSA) is 43.8 Å². The van der Waals surface area contributed by atoms with Gasteiger partial charge >= 0.3 is 0 Å². The van der Waals surface area contributed by atoms with E-state index in [2.05, 4.69) is 95.1 Å². The predicted octanol–water partition coefficient (Wildman–Crippen LogP) is 10.1. The second kappa shape index (κ2) is 10.7. The molecule has 0 spiro atoms. The molecule has 0 atom stereocenters. The molecule has 5 aromatic carbocycles. The summed E-state index contributed by atoms with van der Waals surface area (Å²) in [5.41, 5.74) is 8.99. The number of halogens is 1. The first-order chi connectivity index (χ1) is 20.6. The van der Waals surface area contributed by atoms with Crippen molar-refractivity contribution >= 4 is 50.6 Å². The van der Waals surface area contributed by atoms with Gasteiger partial charge in [-0.2, -0.15) is 0 Å². The van der Waals surface area contributed by atoms with Gasteiger partial charge in [-0.15, -0.1) is 0 Å². The molecular formula is C36H27IN2O3. The summed E-state index contributed by atoms with van der Waals surface area (Å²) in [4.78, 5) is 7.64. The van der Waals surface area contributed by atoms with E-state index in [1.807, 2.05) is 48.5 Å². The van der Waals surface area contributed by atoms with Crippen molar-refractivity contribution < 1.29 is 14.2 Å². The summed E-state index contributed by atoms with van der Waals surface area (Å²) >= 11 is 2.34. The van der Waals surface area contributed by atoms with E-state index in [0.29, 0.717) is 11.5 Å². The van der Waals surface area contributed by atoms with Gasteiger partial charge in [0.05, 0.1) is 42.5 Å². The minimum Gasteiger partial charge on any atom is -0.493 e. The van der Waals surface area contributed by atoms with E-state index in [1.165, 1.54) is 3.57 Å². The van der Waals surface area contributed by atoms with Crippen LogP contribution < -0.4 is 19.1 Å². The van der Waals surface area contributed by atoms with Gasteiger partial charge in [-0.1, -0.05) is 48.5 Å². The van der Waals surface area contributed by atoms with E-state index in [1.54, 1.807) is 14.2 Å². The molecule has 0 aliphatic carbocycles. The fourth-order valence-corrected chi connectivity index (χ4v) is 6.00. The Labute approximate surface area is 258 Å². The van der Waals surface area contributed by atoms with E-state index in [-0.39, 0.29) is 0 Å². The highest BCUT2D eigenvalue weighted by molar-refractivity contribution is 14.1. The Bertz CT molecular complexity index is 1930. The number of benzene rings is 5. The Hall–Kier alpha value is -4.56. The zero-order chi connectivity index (χ0) is 28.8. The van der Waals surface area contributed by atoms with Crippen LogP contribution in [-0.4, -0.2) is 19.2 Å². The molecule has 0 saturated carbocycles. The molecule has 1 aromatic heterocycles. The van der Waals surface area contributed by atoms with Crippen LogP contribution in [0.1, 0.15) is 5.56 Å². The number of methoxy groups -OCH3 is 2. The quantitative estimate of drug-likeness (QED) is 0.172. The van der Waals surface area contributed by atoms with Gasteiger partial charge in [-0.05, 0) is 107 Å². The lowest BCUT2D eigenvalue weighted by atomic mass is 9.94. The van der Waals surface area contributed by atoms with E-state index >= 15 is 0 Å². The lowest BCUT2D eigenvalue weighted by Gasteiger charge is -2.33. The van der Waals surface area contributed by atoms with Crippen molar-refractivity contribution in [2.45, 2.75) is 6.92 Å². The first kappa shape index (κ1) is 26.3. The fraction of sp³-hybridized carbons (Fsp3) is 0.0833. The van der Waals surface area contributed by atoms with Gasteiger partial charge in [0.1, 0.15) is 0 Å². The molecule has 0 unspecified atom stereocenters. The van der Waals surface area contributed by atoms with Crippen molar-refractivity contribution in [1.82, 2.24) is 4.98 Å². The molecule has 206 valence electrons. The summed E-state index contributed by atoms with van der Waals surface area (Å²) in [6.45, 7) is 2.14. The predicted molar refractivity (Wildman–Crippen MR) is 178 cm³/mol. The highest BCUT2D eigenvalue weighted by atomic mass is 127. The summed E-state index contributed by atoms with van der Waals surface area (Å²) in [7, 11) is 3.32. The summed E-state index contributed by atoms with van der Waals surface area (Å²) in [5.74, 6) is 2.98. The number of hydrogen-bond acceptors (Lipinski definition) is 5. The van der Waals surface area contributed by atoms with Crippen LogP contribution in [0.5, 0.6) is 23.0 Å². The first-order valence-corrected chi connectivity index (χ1v) is 14.7. The normalized spacial score (nSPS) is 12.0. The highest BCUT2D eigenvalue weighted by Gasteiger charge is 2.28. The maximum absolute atomic E-state index is 6.32. The van der Waals surface area contributed by atoms with Crippen LogP contribution in [0.2, 0.25) is 0 Å². The molecule has 2 heterocycles. The van der Waals surface area contributed by atoms with Gasteiger partial charge < -0.3 is 19.1 Å². The number of nitrogens with zero attached hydrogens (tertiary/aromatic N) is 2. The molecule has 6 aromatic rings. The number of hydrogen-bond donors (Lipinski definition) is 0. The lowest BCUT2D eigenvalue weighted by molar-refractivity contribution is 0.355. The van der Waals surface area contributed by atoms with Gasteiger partial charge in [0.15, 0.2) is 23.0 Å². The molecule has 0 N–H and O–H groups in total. The van der Waals surface area contributed by atoms with Gasteiger partial charge in [0, 0.05) is 14.5 Å². The van der Waals surface area contributed by atoms with Crippen molar-refractivity contribution in [2.75, 3.05) is 19.1 Å². The molecule has 0 fully saturated rings. The molecule has 1 aliphatic rings. The maximum atomic E-state index is 6.32. The molecule has 42 heavy (non-hydrogen) atoms. The van der Waals surface area contributed by atoms with Crippen molar-refractivity contribution in [3.63, 3.8) is 0 Å². The number of anilines is 3. The standard InChI is InChI=1S/C36H27IN2O3/c1-22-12-18-30(39-28-8-4-6-10-31(28)42-32-11-7-5-9-29(32)39)36-35(22)26(24-15-19-33(40-2)34(20-24)41-3)21-27(38-36)23-13-16-25(37)17-14-23/h4-21H,1-3H3. The van der Waals surface area contributed by atoms with Crippen molar-refractivity contribution in [2.24, 2.45) is 0 Å². The average molecular weight is 663 g/mol. The molecule has 0 saturated heterocycles. The third kappa shape index (κ3) is 4.43. The van der Waals surface area contributed by atoms with Crippen LogP contribution in [0, 0.1) is 10.5 Å². The third-order valence-electron chi connectivity index (χ3n) is 7.66. The second-order valence-corrected chi connectivity index (χ2v) is 11.4. The van der Waals surface area contributed by atoms with Crippen molar-refractivity contribution in [1.29, 1.82) is 0 Å². The van der Waals surface area contributed by atoms with E-state index in [9.17, 15) is 0 Å². The van der Waals surface area contributed by atoms with Gasteiger partial charge in [0.2, 0.25) is 0 Å². The average Bonchev–Trinajstić information content (AvgIpc) is 3.03. The van der Waals surface area contributed by atoms with Gasteiger partial charge in [0.25, 0.3) is 0 Å². The summed E-state index contributed by atoms with van der Waals surface area (Å²) in [6.07, 6.45) is 0. The summed E-state index contributed by atoms with van der Waals surface area (Å²) in [6, 6.07) is 37.4.